The number of ether oxygens (including phenoxy) is 1. The van der Waals surface area contributed by atoms with E-state index < -0.39 is 22.4 Å². The van der Waals surface area contributed by atoms with Gasteiger partial charge in [0, 0.05) is 30.9 Å². The van der Waals surface area contributed by atoms with E-state index in [1.807, 2.05) is 0 Å². The average Bonchev–Trinajstić information content (AvgIpc) is 2.58. The zero-order valence-corrected chi connectivity index (χ0v) is 13.5. The molecule has 0 aliphatic carbocycles. The highest BCUT2D eigenvalue weighted by atomic mass is 16.6. The lowest BCUT2D eigenvalue weighted by Crippen LogP contribution is -2.31. The number of hydrogen-bond donors (Lipinski definition) is 0. The number of hydrogen-bond acceptors (Lipinski definition) is 6. The van der Waals surface area contributed by atoms with Gasteiger partial charge < -0.3 is 9.64 Å². The summed E-state index contributed by atoms with van der Waals surface area (Å²) in [5.41, 5.74) is 0.891. The quantitative estimate of drug-likeness (QED) is 0.587. The Bertz CT molecular complexity index is 819. The lowest BCUT2D eigenvalue weighted by atomic mass is 10.2. The molecule has 0 heterocycles. The molecule has 0 aromatic heterocycles. The van der Waals surface area contributed by atoms with Crippen LogP contribution in [-0.4, -0.2) is 29.4 Å². The number of nitro groups is 2. The van der Waals surface area contributed by atoms with Crippen LogP contribution in [0, 0.1) is 27.2 Å². The summed E-state index contributed by atoms with van der Waals surface area (Å²) in [6.07, 6.45) is 0. The van der Waals surface area contributed by atoms with Crippen LogP contribution in [0.5, 0.6) is 5.75 Å². The van der Waals surface area contributed by atoms with Crippen LogP contribution in [0.25, 0.3) is 0 Å². The van der Waals surface area contributed by atoms with E-state index in [0.29, 0.717) is 5.69 Å². The van der Waals surface area contributed by atoms with Crippen molar-refractivity contribution in [2.75, 3.05) is 18.6 Å². The van der Waals surface area contributed by atoms with Crippen molar-refractivity contribution in [2.24, 2.45) is 0 Å². The van der Waals surface area contributed by atoms with Gasteiger partial charge in [0.05, 0.1) is 9.85 Å². The van der Waals surface area contributed by atoms with Gasteiger partial charge in [-0.1, -0.05) is 6.07 Å². The molecule has 130 valence electrons. The number of carbonyl (C=O) groups excluding carboxylic acids is 1. The third-order valence-corrected chi connectivity index (χ3v) is 3.49. The van der Waals surface area contributed by atoms with Crippen molar-refractivity contribution in [1.82, 2.24) is 0 Å². The van der Waals surface area contributed by atoms with Crippen molar-refractivity contribution in [1.29, 1.82) is 0 Å². The molecule has 0 N–H and O–H groups in total. The zero-order valence-electron chi connectivity index (χ0n) is 13.5. The Labute approximate surface area is 142 Å². The first kappa shape index (κ1) is 17.9. The van der Waals surface area contributed by atoms with Crippen molar-refractivity contribution >= 4 is 23.0 Å². The molecule has 0 bridgehead atoms. The standard InChI is InChI=1S/C16H15N3O6/c1-11-3-8-14(19(23)24)15(9-11)25-10-16(20)17(2)12-4-6-13(7-5-12)18(21)22/h3-9H,10H2,1-2H3. The normalized spacial score (nSPS) is 10.2. The Hall–Kier alpha value is -3.49. The predicted octanol–water partition coefficient (Wildman–Crippen LogP) is 2.85. The molecule has 0 unspecified atom stereocenters. The number of amides is 1. The van der Waals surface area contributed by atoms with E-state index in [-0.39, 0.29) is 17.1 Å². The van der Waals surface area contributed by atoms with Crippen LogP contribution in [0.4, 0.5) is 17.1 Å². The number of rotatable bonds is 6. The van der Waals surface area contributed by atoms with Crippen LogP contribution in [0.2, 0.25) is 0 Å². The second kappa shape index (κ2) is 7.39. The van der Waals surface area contributed by atoms with Gasteiger partial charge in [-0.3, -0.25) is 25.0 Å². The Balaban J connectivity index is 2.08. The fraction of sp³-hybridized carbons (Fsp3) is 0.188. The molecule has 2 aromatic carbocycles. The van der Waals surface area contributed by atoms with E-state index in [2.05, 4.69) is 0 Å². The molecule has 0 radical (unpaired) electrons. The fourth-order valence-electron chi connectivity index (χ4n) is 2.07. The van der Waals surface area contributed by atoms with E-state index in [4.69, 9.17) is 4.74 Å². The van der Waals surface area contributed by atoms with Crippen LogP contribution < -0.4 is 9.64 Å². The summed E-state index contributed by atoms with van der Waals surface area (Å²) in [5.74, 6) is -0.444. The van der Waals surface area contributed by atoms with Crippen molar-refractivity contribution in [3.63, 3.8) is 0 Å². The van der Waals surface area contributed by atoms with Gasteiger partial charge in [0.1, 0.15) is 0 Å². The maximum absolute atomic E-state index is 12.2. The van der Waals surface area contributed by atoms with E-state index in [9.17, 15) is 25.0 Å². The van der Waals surface area contributed by atoms with Gasteiger partial charge in [-0.05, 0) is 30.7 Å². The SMILES string of the molecule is Cc1ccc([N+](=O)[O-])c(OCC(=O)N(C)c2ccc([N+](=O)[O-])cc2)c1. The van der Waals surface area contributed by atoms with E-state index in [1.165, 1.54) is 48.3 Å². The number of aryl methyl sites for hydroxylation is 1. The number of likely N-dealkylation sites (N-methyl/N-ethyl adjacent to an activating group) is 1. The minimum Gasteiger partial charge on any atom is -0.477 e. The van der Waals surface area contributed by atoms with E-state index in [1.54, 1.807) is 13.0 Å². The Morgan fingerprint density at radius 2 is 1.72 bits per heavy atom. The smallest absolute Gasteiger partial charge is 0.310 e. The van der Waals surface area contributed by atoms with Crippen LogP contribution in [0.1, 0.15) is 5.56 Å². The number of carbonyl (C=O) groups is 1. The average molecular weight is 345 g/mol. The summed E-state index contributed by atoms with van der Waals surface area (Å²) < 4.78 is 5.30. The van der Waals surface area contributed by atoms with Crippen molar-refractivity contribution in [2.45, 2.75) is 6.92 Å². The maximum Gasteiger partial charge on any atom is 0.310 e. The second-order valence-corrected chi connectivity index (χ2v) is 5.24. The van der Waals surface area contributed by atoms with Gasteiger partial charge in [-0.15, -0.1) is 0 Å². The molecule has 2 aromatic rings. The molecular formula is C16H15N3O6. The highest BCUT2D eigenvalue weighted by molar-refractivity contribution is 5.94. The first-order valence-corrected chi connectivity index (χ1v) is 7.18. The minimum absolute atomic E-state index is 0.00968. The first-order chi connectivity index (χ1) is 11.8. The molecule has 0 saturated heterocycles. The summed E-state index contributed by atoms with van der Waals surface area (Å²) in [6, 6.07) is 9.81. The molecule has 9 heteroatoms. The summed E-state index contributed by atoms with van der Waals surface area (Å²) in [7, 11) is 1.48. The first-order valence-electron chi connectivity index (χ1n) is 7.18. The highest BCUT2D eigenvalue weighted by Gasteiger charge is 2.18. The van der Waals surface area contributed by atoms with Crippen molar-refractivity contribution < 1.29 is 19.4 Å². The summed E-state index contributed by atoms with van der Waals surface area (Å²) in [6.45, 7) is 1.35. The van der Waals surface area contributed by atoms with Gasteiger partial charge in [0.2, 0.25) is 0 Å². The van der Waals surface area contributed by atoms with Gasteiger partial charge in [0.25, 0.3) is 11.6 Å². The van der Waals surface area contributed by atoms with Crippen molar-refractivity contribution in [3.8, 4) is 5.75 Å². The lowest BCUT2D eigenvalue weighted by molar-refractivity contribution is -0.385. The number of nitro benzene ring substituents is 2. The summed E-state index contributed by atoms with van der Waals surface area (Å²) in [5, 5.41) is 21.6. The Morgan fingerprint density at radius 3 is 2.28 bits per heavy atom. The predicted molar refractivity (Wildman–Crippen MR) is 89.8 cm³/mol. The van der Waals surface area contributed by atoms with Gasteiger partial charge in [0.15, 0.2) is 12.4 Å². The molecule has 0 fully saturated rings. The molecule has 0 saturated carbocycles. The van der Waals surface area contributed by atoms with Gasteiger partial charge in [-0.25, -0.2) is 0 Å². The highest BCUT2D eigenvalue weighted by Crippen LogP contribution is 2.28. The molecule has 25 heavy (non-hydrogen) atoms. The third-order valence-electron chi connectivity index (χ3n) is 3.49. The van der Waals surface area contributed by atoms with Crippen molar-refractivity contribution in [3.05, 3.63) is 68.3 Å². The molecule has 2 rings (SSSR count). The minimum atomic E-state index is -0.584. The Morgan fingerprint density at radius 1 is 1.08 bits per heavy atom. The van der Waals surface area contributed by atoms with Crippen LogP contribution >= 0.6 is 0 Å². The van der Waals surface area contributed by atoms with Crippen LogP contribution in [0.15, 0.2) is 42.5 Å². The summed E-state index contributed by atoms with van der Waals surface area (Å²) in [4.78, 5) is 34.0. The largest absolute Gasteiger partial charge is 0.477 e. The molecule has 1 amide bonds. The molecule has 9 nitrogen and oxygen atoms in total. The molecule has 0 spiro atoms. The van der Waals surface area contributed by atoms with E-state index in [0.717, 1.165) is 5.56 Å². The van der Waals surface area contributed by atoms with Crippen LogP contribution in [-0.2, 0) is 4.79 Å². The van der Waals surface area contributed by atoms with Gasteiger partial charge >= 0.3 is 5.69 Å². The topological polar surface area (TPSA) is 116 Å². The number of non-ortho nitro benzene ring substituents is 1. The molecule has 0 aliphatic heterocycles. The maximum atomic E-state index is 12.2. The summed E-state index contributed by atoms with van der Waals surface area (Å²) >= 11 is 0. The van der Waals surface area contributed by atoms with E-state index >= 15 is 0 Å². The van der Waals surface area contributed by atoms with Crippen LogP contribution in [0.3, 0.4) is 0 Å². The molecule has 0 aliphatic rings. The zero-order chi connectivity index (χ0) is 18.6. The lowest BCUT2D eigenvalue weighted by Gasteiger charge is -2.17. The molecule has 0 atom stereocenters. The number of benzene rings is 2. The van der Waals surface area contributed by atoms with Gasteiger partial charge in [-0.2, -0.15) is 0 Å². The Kier molecular flexibility index (Phi) is 5.28. The third kappa shape index (κ3) is 4.28. The fourth-order valence-corrected chi connectivity index (χ4v) is 2.07. The number of nitrogens with zero attached hydrogens (tertiary/aromatic N) is 3. The second-order valence-electron chi connectivity index (χ2n) is 5.24. The number of anilines is 1. The molecular weight excluding hydrogens is 330 g/mol. The monoisotopic (exact) mass is 345 g/mol.